The van der Waals surface area contributed by atoms with Crippen LogP contribution in [0.1, 0.15) is 33.1 Å². The lowest BCUT2D eigenvalue weighted by molar-refractivity contribution is -0.0877. The van der Waals surface area contributed by atoms with Crippen molar-refractivity contribution >= 4 is 19.7 Å². The van der Waals surface area contributed by atoms with Crippen LogP contribution in [-0.4, -0.2) is 60.4 Å². The highest BCUT2D eigenvalue weighted by Gasteiger charge is 2.23. The van der Waals surface area contributed by atoms with Gasteiger partial charge in [0.2, 0.25) is 0 Å². The van der Waals surface area contributed by atoms with Gasteiger partial charge in [0.15, 0.2) is 16.1 Å². The molecule has 2 fully saturated rings. The second-order valence-electron chi connectivity index (χ2n) is 5.41. The summed E-state index contributed by atoms with van der Waals surface area (Å²) in [5, 5.41) is 0. The van der Waals surface area contributed by atoms with Gasteiger partial charge in [0, 0.05) is 14.2 Å². The summed E-state index contributed by atoms with van der Waals surface area (Å²) in [6.07, 6.45) is 2.55. The fourth-order valence-corrected chi connectivity index (χ4v) is 5.28. The third-order valence-electron chi connectivity index (χ3n) is 3.28. The third-order valence-corrected chi connectivity index (χ3v) is 7.04. The van der Waals surface area contributed by atoms with Crippen molar-refractivity contribution in [1.29, 1.82) is 0 Å². The second-order valence-corrected chi connectivity index (χ2v) is 9.94. The van der Waals surface area contributed by atoms with E-state index >= 15 is 0 Å². The van der Waals surface area contributed by atoms with Crippen LogP contribution in [0.15, 0.2) is 0 Å². The summed E-state index contributed by atoms with van der Waals surface area (Å²) in [7, 11) is -1.93. The third kappa shape index (κ3) is 11.1. The van der Waals surface area contributed by atoms with E-state index in [-0.39, 0.29) is 6.29 Å². The second kappa shape index (κ2) is 9.76. The van der Waals surface area contributed by atoms with Gasteiger partial charge in [0.1, 0.15) is 9.84 Å². The van der Waals surface area contributed by atoms with Crippen molar-refractivity contribution in [1.82, 2.24) is 0 Å². The minimum Gasteiger partial charge on any atom is -0.356 e. The van der Waals surface area contributed by atoms with E-state index < -0.39 is 19.7 Å². The number of hydrogen-bond acceptors (Lipinski definition) is 6. The Morgan fingerprint density at radius 2 is 1.38 bits per heavy atom. The summed E-state index contributed by atoms with van der Waals surface area (Å²) >= 11 is 0. The van der Waals surface area contributed by atoms with Crippen molar-refractivity contribution < 1.29 is 26.3 Å². The van der Waals surface area contributed by atoms with E-state index in [1.807, 2.05) is 13.8 Å². The van der Waals surface area contributed by atoms with Crippen LogP contribution in [-0.2, 0) is 29.1 Å². The highest BCUT2D eigenvalue weighted by molar-refractivity contribution is 7.91. The average molecular weight is 344 g/mol. The van der Waals surface area contributed by atoms with E-state index in [0.717, 1.165) is 19.3 Å². The van der Waals surface area contributed by atoms with Crippen LogP contribution in [0.4, 0.5) is 0 Å². The maximum absolute atomic E-state index is 10.6. The zero-order valence-corrected chi connectivity index (χ0v) is 15.0. The molecule has 8 heteroatoms. The van der Waals surface area contributed by atoms with E-state index in [0.29, 0.717) is 28.9 Å². The average Bonchev–Trinajstić information content (AvgIpc) is 2.94. The first-order valence-electron chi connectivity index (χ1n) is 7.08. The summed E-state index contributed by atoms with van der Waals surface area (Å²) < 4.78 is 51.5. The van der Waals surface area contributed by atoms with Gasteiger partial charge in [-0.2, -0.15) is 0 Å². The summed E-state index contributed by atoms with van der Waals surface area (Å²) in [6, 6.07) is 0. The zero-order chi connectivity index (χ0) is 16.5. The summed E-state index contributed by atoms with van der Waals surface area (Å²) in [6.45, 7) is 3.81. The molecule has 0 amide bonds. The molecule has 0 aromatic rings. The van der Waals surface area contributed by atoms with Crippen LogP contribution >= 0.6 is 0 Å². The van der Waals surface area contributed by atoms with E-state index in [4.69, 9.17) is 0 Å². The highest BCUT2D eigenvalue weighted by atomic mass is 32.2. The molecule has 0 spiro atoms. The Morgan fingerprint density at radius 1 is 0.905 bits per heavy atom. The molecule has 1 unspecified atom stereocenters. The maximum atomic E-state index is 10.6. The molecule has 2 rings (SSSR count). The van der Waals surface area contributed by atoms with Gasteiger partial charge in [-0.15, -0.1) is 0 Å². The highest BCUT2D eigenvalue weighted by Crippen LogP contribution is 2.16. The Hall–Kier alpha value is -0.180. The van der Waals surface area contributed by atoms with Crippen molar-refractivity contribution in [2.45, 2.75) is 39.4 Å². The largest absolute Gasteiger partial charge is 0.356 e. The summed E-state index contributed by atoms with van der Waals surface area (Å²) in [5.74, 6) is 2.07. The smallest absolute Gasteiger partial charge is 0.154 e. The van der Waals surface area contributed by atoms with Gasteiger partial charge in [0.05, 0.1) is 23.0 Å². The molecule has 21 heavy (non-hydrogen) atoms. The molecule has 0 N–H and O–H groups in total. The lowest BCUT2D eigenvalue weighted by atomic mass is 10.2. The molecule has 2 heterocycles. The molecule has 0 aromatic heterocycles. The molecule has 2 saturated heterocycles. The summed E-state index contributed by atoms with van der Waals surface area (Å²) in [5.41, 5.74) is 0. The molecule has 2 aliphatic heterocycles. The monoisotopic (exact) mass is 344 g/mol. The van der Waals surface area contributed by atoms with Gasteiger partial charge < -0.3 is 9.47 Å². The first-order chi connectivity index (χ1) is 9.62. The van der Waals surface area contributed by atoms with Crippen molar-refractivity contribution in [3.8, 4) is 0 Å². The molecular weight excluding hydrogens is 316 g/mol. The molecule has 0 radical (unpaired) electrons. The topological polar surface area (TPSA) is 86.7 Å². The van der Waals surface area contributed by atoms with Crippen LogP contribution < -0.4 is 0 Å². The number of hydrogen-bond donors (Lipinski definition) is 0. The molecule has 0 bridgehead atoms. The molecule has 2 aliphatic rings. The number of sulfone groups is 2. The van der Waals surface area contributed by atoms with E-state index in [9.17, 15) is 16.8 Å². The Labute approximate surface area is 129 Å². The van der Waals surface area contributed by atoms with Crippen molar-refractivity contribution in [2.24, 2.45) is 5.92 Å². The molecule has 0 aromatic carbocycles. The van der Waals surface area contributed by atoms with E-state index in [1.54, 1.807) is 14.2 Å². The van der Waals surface area contributed by atoms with Crippen molar-refractivity contribution in [3.05, 3.63) is 0 Å². The maximum Gasteiger partial charge on any atom is 0.154 e. The van der Waals surface area contributed by atoms with E-state index in [1.165, 1.54) is 0 Å². The van der Waals surface area contributed by atoms with Crippen LogP contribution in [0.25, 0.3) is 0 Å². The van der Waals surface area contributed by atoms with Crippen LogP contribution in [0.2, 0.25) is 0 Å². The first kappa shape index (κ1) is 20.8. The van der Waals surface area contributed by atoms with Crippen LogP contribution in [0.3, 0.4) is 0 Å². The Bertz CT molecular complexity index is 453. The quantitative estimate of drug-likeness (QED) is 0.701. The van der Waals surface area contributed by atoms with Crippen LogP contribution in [0, 0.1) is 5.92 Å². The normalized spacial score (nSPS) is 25.7. The zero-order valence-electron chi connectivity index (χ0n) is 13.4. The fourth-order valence-electron chi connectivity index (χ4n) is 1.82. The first-order valence-corrected chi connectivity index (χ1v) is 10.7. The minimum atomic E-state index is -2.60. The van der Waals surface area contributed by atoms with E-state index in [2.05, 4.69) is 9.47 Å². The van der Waals surface area contributed by atoms with Crippen LogP contribution in [0.5, 0.6) is 0 Å². The number of ether oxygens (including phenoxy) is 2. The lowest BCUT2D eigenvalue weighted by Gasteiger charge is -2.03. The van der Waals surface area contributed by atoms with Gasteiger partial charge in [-0.1, -0.05) is 6.92 Å². The number of methoxy groups -OCH3 is 2. The molecule has 1 atom stereocenters. The predicted molar refractivity (Wildman–Crippen MR) is 83.8 cm³/mol. The molecular formula is C13H28O6S2. The Kier molecular flexibility index (Phi) is 9.68. The van der Waals surface area contributed by atoms with Gasteiger partial charge >= 0.3 is 0 Å². The summed E-state index contributed by atoms with van der Waals surface area (Å²) in [4.78, 5) is 0. The molecule has 0 aliphatic carbocycles. The lowest BCUT2D eigenvalue weighted by Crippen LogP contribution is -2.05. The van der Waals surface area contributed by atoms with Gasteiger partial charge in [-0.05, 0) is 32.1 Å². The molecule has 0 saturated carbocycles. The fraction of sp³-hybridized carbons (Fsp3) is 1.00. The molecule has 128 valence electrons. The van der Waals surface area contributed by atoms with Gasteiger partial charge in [0.25, 0.3) is 0 Å². The van der Waals surface area contributed by atoms with Gasteiger partial charge in [-0.3, -0.25) is 0 Å². The number of rotatable bonds is 2. The van der Waals surface area contributed by atoms with Crippen molar-refractivity contribution in [3.63, 3.8) is 0 Å². The standard InChI is InChI=1S/C5H10O2S.C4H8O2S.C4H10O2/c1-5-2-3-8(6,7)4-5;5-7(6)3-1-2-4-7;1-4(5-2)6-3/h5H,2-4H2,1H3;1-4H2;4H,1-3H3. The van der Waals surface area contributed by atoms with Gasteiger partial charge in [-0.25, -0.2) is 16.8 Å². The predicted octanol–water partition coefficient (Wildman–Crippen LogP) is 1.26. The molecule has 6 nitrogen and oxygen atoms in total. The SMILES string of the molecule is CC1CCS(=O)(=O)C1.COC(C)OC.O=S1(=O)CCCC1. The Balaban J connectivity index is 0.000000290. The minimum absolute atomic E-state index is 0.0648. The Morgan fingerprint density at radius 3 is 1.48 bits per heavy atom. The van der Waals surface area contributed by atoms with Crippen molar-refractivity contribution in [2.75, 3.05) is 37.2 Å².